The number of anilines is 2. The molecule has 0 radical (unpaired) electrons. The summed E-state index contributed by atoms with van der Waals surface area (Å²) in [6.45, 7) is 0. The maximum atomic E-state index is 13.5. The molecule has 0 amide bonds. The summed E-state index contributed by atoms with van der Waals surface area (Å²) in [4.78, 5) is 7.66. The van der Waals surface area contributed by atoms with Gasteiger partial charge < -0.3 is 11.5 Å². The third kappa shape index (κ3) is 5.50. The van der Waals surface area contributed by atoms with Gasteiger partial charge in [0.2, 0.25) is 11.9 Å². The topological polar surface area (TPSA) is 129 Å². The van der Waals surface area contributed by atoms with Crippen LogP contribution in [-0.2, 0) is 0 Å². The van der Waals surface area contributed by atoms with E-state index in [1.165, 1.54) is 12.1 Å². The van der Waals surface area contributed by atoms with Crippen molar-refractivity contribution in [1.29, 1.82) is 0 Å². The molecule has 4 aromatic rings. The van der Waals surface area contributed by atoms with E-state index in [1.807, 2.05) is 0 Å². The largest absolute Gasteiger partial charge is 0.366 e. The first-order valence-electron chi connectivity index (χ1n) is 8.38. The van der Waals surface area contributed by atoms with Crippen LogP contribution in [0.3, 0.4) is 0 Å². The summed E-state index contributed by atoms with van der Waals surface area (Å²) in [7, 11) is 0. The lowest BCUT2D eigenvalue weighted by atomic mass is 10.1. The molecule has 2 aromatic carbocycles. The Balaban J connectivity index is 0.000000181. The van der Waals surface area contributed by atoms with Crippen LogP contribution in [0.15, 0.2) is 45.6 Å². The molecule has 0 atom stereocenters. The quantitative estimate of drug-likeness (QED) is 0.339. The molecule has 0 aliphatic rings. The van der Waals surface area contributed by atoms with Crippen LogP contribution in [0, 0.1) is 23.3 Å². The third-order valence-corrected chi connectivity index (χ3v) is 4.76. The van der Waals surface area contributed by atoms with Crippen molar-refractivity contribution in [1.82, 2.24) is 30.4 Å². The van der Waals surface area contributed by atoms with E-state index in [1.54, 1.807) is 0 Å². The normalized spacial score (nSPS) is 10.4. The van der Waals surface area contributed by atoms with E-state index in [0.29, 0.717) is 0 Å². The molecule has 0 fully saturated rings. The lowest BCUT2D eigenvalue weighted by Gasteiger charge is -2.04. The highest BCUT2D eigenvalue weighted by molar-refractivity contribution is 9.10. The van der Waals surface area contributed by atoms with Gasteiger partial charge in [-0.1, -0.05) is 0 Å². The summed E-state index contributed by atoms with van der Waals surface area (Å²) in [5.41, 5.74) is 11.3. The predicted octanol–water partition coefficient (Wildman–Crippen LogP) is 4.32. The van der Waals surface area contributed by atoms with Gasteiger partial charge in [-0.05, 0) is 56.1 Å². The Morgan fingerprint density at radius 1 is 0.594 bits per heavy atom. The summed E-state index contributed by atoms with van der Waals surface area (Å²) >= 11 is 6.14. The summed E-state index contributed by atoms with van der Waals surface area (Å²) in [5, 5.41) is 14.2. The van der Waals surface area contributed by atoms with Crippen LogP contribution >= 0.6 is 31.9 Å². The van der Waals surface area contributed by atoms with E-state index in [2.05, 4.69) is 62.2 Å². The number of nitrogens with two attached hydrogens (primary N) is 2. The van der Waals surface area contributed by atoms with Crippen molar-refractivity contribution in [3.63, 3.8) is 0 Å². The van der Waals surface area contributed by atoms with Gasteiger partial charge in [0.15, 0.2) is 9.21 Å². The Morgan fingerprint density at radius 2 is 0.969 bits per heavy atom. The van der Waals surface area contributed by atoms with Crippen LogP contribution in [0.25, 0.3) is 22.5 Å². The maximum Gasteiger partial charge on any atom is 0.240 e. The Labute approximate surface area is 194 Å². The first-order valence-corrected chi connectivity index (χ1v) is 9.96. The Morgan fingerprint density at radius 3 is 1.31 bits per heavy atom. The van der Waals surface area contributed by atoms with Crippen molar-refractivity contribution in [2.75, 3.05) is 11.5 Å². The molecular weight excluding hydrogens is 564 g/mol. The molecule has 4 rings (SSSR count). The molecule has 0 spiro atoms. The fourth-order valence-corrected chi connectivity index (χ4v) is 3.12. The summed E-state index contributed by atoms with van der Waals surface area (Å²) < 4.78 is 52.8. The van der Waals surface area contributed by atoms with Gasteiger partial charge in [0, 0.05) is 23.3 Å². The van der Waals surface area contributed by atoms with Gasteiger partial charge in [0.25, 0.3) is 0 Å². The molecule has 0 aliphatic carbocycles. The highest BCUT2D eigenvalue weighted by Crippen LogP contribution is 2.28. The van der Waals surface area contributed by atoms with Crippen molar-refractivity contribution in [3.05, 3.63) is 68.9 Å². The molecule has 164 valence electrons. The van der Waals surface area contributed by atoms with E-state index < -0.39 is 23.3 Å². The van der Waals surface area contributed by atoms with E-state index in [0.717, 1.165) is 24.3 Å². The van der Waals surface area contributed by atoms with Crippen molar-refractivity contribution in [2.45, 2.75) is 0 Å². The minimum atomic E-state index is -0.736. The molecule has 0 aliphatic heterocycles. The lowest BCUT2D eigenvalue weighted by Crippen LogP contribution is -2.01. The maximum absolute atomic E-state index is 13.5. The van der Waals surface area contributed by atoms with Gasteiger partial charge in [0.05, 0.1) is 0 Å². The first kappa shape index (κ1) is 23.4. The molecule has 0 unspecified atom stereocenters. The molecule has 4 N–H and O–H groups in total. The molecule has 0 saturated carbocycles. The Kier molecular flexibility index (Phi) is 7.25. The lowest BCUT2D eigenvalue weighted by molar-refractivity contribution is 0.584. The zero-order chi connectivity index (χ0) is 23.4. The molecule has 2 aromatic heterocycles. The van der Waals surface area contributed by atoms with E-state index in [-0.39, 0.29) is 43.6 Å². The number of benzene rings is 2. The number of hydrogen-bond donors (Lipinski definition) is 2. The van der Waals surface area contributed by atoms with E-state index in [9.17, 15) is 17.6 Å². The molecule has 14 heteroatoms. The molecule has 32 heavy (non-hydrogen) atoms. The second kappa shape index (κ2) is 9.91. The number of nitrogens with zero attached hydrogens (tertiary/aromatic N) is 6. The smallest absolute Gasteiger partial charge is 0.240 e. The van der Waals surface area contributed by atoms with Gasteiger partial charge in [-0.15, -0.1) is 20.4 Å². The van der Waals surface area contributed by atoms with Crippen LogP contribution in [0.2, 0.25) is 0 Å². The molecular formula is C18H10Br2F4N8. The van der Waals surface area contributed by atoms with Crippen LogP contribution in [0.1, 0.15) is 0 Å². The first-order chi connectivity index (χ1) is 15.2. The van der Waals surface area contributed by atoms with Crippen molar-refractivity contribution >= 4 is 43.8 Å². The highest BCUT2D eigenvalue weighted by Gasteiger charge is 2.14. The highest BCUT2D eigenvalue weighted by atomic mass is 79.9. The van der Waals surface area contributed by atoms with Crippen LogP contribution in [0.5, 0.6) is 0 Å². The van der Waals surface area contributed by atoms with Crippen LogP contribution in [0.4, 0.5) is 29.5 Å². The Bertz CT molecular complexity index is 1190. The summed E-state index contributed by atoms with van der Waals surface area (Å²) in [6, 6.07) is 6.31. The second-order valence-electron chi connectivity index (χ2n) is 5.87. The number of hydrogen-bond acceptors (Lipinski definition) is 8. The van der Waals surface area contributed by atoms with Crippen LogP contribution < -0.4 is 11.5 Å². The van der Waals surface area contributed by atoms with Crippen molar-refractivity contribution < 1.29 is 17.6 Å². The number of rotatable bonds is 2. The second-order valence-corrected chi connectivity index (χ2v) is 7.37. The fraction of sp³-hybridized carbons (Fsp3) is 0. The average molecular weight is 574 g/mol. The van der Waals surface area contributed by atoms with Gasteiger partial charge in [-0.25, -0.2) is 27.5 Å². The van der Waals surface area contributed by atoms with Gasteiger partial charge in [0.1, 0.15) is 34.7 Å². The standard InChI is InChI=1S/2C9H5BrF2N4/c2*10-8-7(14-9(13)16-15-8)5-2-1-4(11)3-6(5)12/h2*1-3H,(H2,13,14,16). The summed E-state index contributed by atoms with van der Waals surface area (Å²) in [6.07, 6.45) is 0. The van der Waals surface area contributed by atoms with Gasteiger partial charge in [-0.3, -0.25) is 0 Å². The van der Waals surface area contributed by atoms with Crippen molar-refractivity contribution in [3.8, 4) is 22.5 Å². The predicted molar refractivity (Wildman–Crippen MR) is 115 cm³/mol. The number of halogens is 6. The van der Waals surface area contributed by atoms with Crippen molar-refractivity contribution in [2.24, 2.45) is 0 Å². The zero-order valence-electron chi connectivity index (χ0n) is 15.6. The van der Waals surface area contributed by atoms with E-state index in [4.69, 9.17) is 11.5 Å². The number of nitrogen functional groups attached to an aromatic ring is 2. The molecule has 0 bridgehead atoms. The zero-order valence-corrected chi connectivity index (χ0v) is 18.7. The number of aromatic nitrogens is 6. The molecule has 8 nitrogen and oxygen atoms in total. The Hall–Kier alpha value is -3.26. The van der Waals surface area contributed by atoms with E-state index >= 15 is 0 Å². The monoisotopic (exact) mass is 572 g/mol. The average Bonchev–Trinajstić information content (AvgIpc) is 2.73. The molecule has 2 heterocycles. The van der Waals surface area contributed by atoms with Gasteiger partial charge >= 0.3 is 0 Å². The van der Waals surface area contributed by atoms with Gasteiger partial charge in [-0.2, -0.15) is 0 Å². The minimum Gasteiger partial charge on any atom is -0.366 e. The molecule has 0 saturated heterocycles. The van der Waals surface area contributed by atoms with Crippen LogP contribution in [-0.4, -0.2) is 30.4 Å². The third-order valence-electron chi connectivity index (χ3n) is 3.70. The SMILES string of the molecule is Nc1nnc(Br)c(-c2ccc(F)cc2F)n1.Nc1nnc(Br)c(-c2ccc(F)cc2F)n1. The minimum absolute atomic E-state index is 0.0816. The fourth-order valence-electron chi connectivity index (χ4n) is 2.36. The summed E-state index contributed by atoms with van der Waals surface area (Å²) in [5.74, 6) is -2.95.